The summed E-state index contributed by atoms with van der Waals surface area (Å²) in [6.45, 7) is 4.31. The Balaban J connectivity index is 1.72. The van der Waals surface area contributed by atoms with Gasteiger partial charge < -0.3 is 30.1 Å². The van der Waals surface area contributed by atoms with Gasteiger partial charge in [0.1, 0.15) is 23.0 Å². The van der Waals surface area contributed by atoms with Crippen molar-refractivity contribution in [3.8, 4) is 23.0 Å². The molecule has 0 bridgehead atoms. The zero-order valence-corrected chi connectivity index (χ0v) is 18.8. The average Bonchev–Trinajstić information content (AvgIpc) is 3.11. The lowest BCUT2D eigenvalue weighted by atomic mass is 9.77. The molecule has 0 fully saturated rings. The van der Waals surface area contributed by atoms with Crippen LogP contribution in [0.5, 0.6) is 23.0 Å². The number of ether oxygens (including phenoxy) is 2. The van der Waals surface area contributed by atoms with Gasteiger partial charge in [0.2, 0.25) is 0 Å². The highest BCUT2D eigenvalue weighted by Crippen LogP contribution is 2.58. The second kappa shape index (κ2) is 8.54. The fourth-order valence-electron chi connectivity index (χ4n) is 4.84. The Morgan fingerprint density at radius 3 is 2.14 bits per heavy atom. The van der Waals surface area contributed by atoms with Gasteiger partial charge in [-0.15, -0.1) is 0 Å². The number of unbranched alkanes of at least 4 members (excludes halogenated alkanes) is 3. The molecule has 0 atom stereocenters. The van der Waals surface area contributed by atoms with E-state index in [0.717, 1.165) is 25.7 Å². The molecule has 179 valence electrons. The molecule has 2 aliphatic rings. The summed E-state index contributed by atoms with van der Waals surface area (Å²) >= 11 is 0. The summed E-state index contributed by atoms with van der Waals surface area (Å²) in [6.07, 6.45) is 3.49. The third kappa shape index (κ3) is 3.53. The van der Waals surface area contributed by atoms with Crippen LogP contribution in [0.25, 0.3) is 0 Å². The van der Waals surface area contributed by atoms with Crippen LogP contribution < -0.4 is 10.1 Å². The molecule has 8 nitrogen and oxygen atoms in total. The summed E-state index contributed by atoms with van der Waals surface area (Å²) in [4.78, 5) is 25.4. The van der Waals surface area contributed by atoms with E-state index in [9.17, 15) is 24.9 Å². The van der Waals surface area contributed by atoms with Gasteiger partial charge in [0.25, 0.3) is 0 Å². The second-order valence-electron chi connectivity index (χ2n) is 8.59. The summed E-state index contributed by atoms with van der Waals surface area (Å²) in [5.41, 5.74) is 0.280. The number of carbonyl (C=O) groups excluding carboxylic acids is 1. The third-order valence-corrected chi connectivity index (χ3v) is 6.40. The van der Waals surface area contributed by atoms with Gasteiger partial charge in [0, 0.05) is 35.4 Å². The summed E-state index contributed by atoms with van der Waals surface area (Å²) in [6, 6.07) is 12.0. The number of nitrogens with one attached hydrogen (secondary N) is 1. The van der Waals surface area contributed by atoms with Crippen LogP contribution >= 0.6 is 0 Å². The molecule has 0 amide bonds. The summed E-state index contributed by atoms with van der Waals surface area (Å²) in [5.74, 6) is -1.41. The Morgan fingerprint density at radius 2 is 1.54 bits per heavy atom. The number of phenols is 2. The van der Waals surface area contributed by atoms with Crippen LogP contribution in [0, 0.1) is 6.92 Å². The number of esters is 1. The molecule has 3 aromatic carbocycles. The minimum absolute atomic E-state index is 0.0289. The molecule has 0 aromatic heterocycles. The highest BCUT2D eigenvalue weighted by atomic mass is 16.6. The Kier molecular flexibility index (Phi) is 5.51. The van der Waals surface area contributed by atoms with Crippen molar-refractivity contribution in [1.29, 1.82) is 0 Å². The smallest absolute Gasteiger partial charge is 0.342 e. The number of benzene rings is 3. The predicted octanol–water partition coefficient (Wildman–Crippen LogP) is 5.17. The molecule has 0 unspecified atom stereocenters. The van der Waals surface area contributed by atoms with Gasteiger partial charge in [-0.05, 0) is 36.8 Å². The van der Waals surface area contributed by atoms with Gasteiger partial charge >= 0.3 is 11.9 Å². The van der Waals surface area contributed by atoms with Crippen molar-refractivity contribution < 1.29 is 34.4 Å². The van der Waals surface area contributed by atoms with Gasteiger partial charge in [-0.2, -0.15) is 0 Å². The largest absolute Gasteiger partial charge is 0.508 e. The molecular weight excluding hydrogens is 450 g/mol. The Morgan fingerprint density at radius 1 is 0.914 bits per heavy atom. The molecule has 2 aliphatic heterocycles. The molecule has 1 spiro atoms. The average molecular weight is 474 g/mol. The number of anilines is 1. The van der Waals surface area contributed by atoms with Crippen molar-refractivity contribution >= 4 is 17.6 Å². The zero-order chi connectivity index (χ0) is 24.7. The Bertz CT molecular complexity index is 1300. The molecule has 0 saturated heterocycles. The van der Waals surface area contributed by atoms with Gasteiger partial charge in [0.05, 0.1) is 16.8 Å². The number of rotatable bonds is 7. The number of phenolic OH excluding ortho intramolecular Hbond substituents is 2. The summed E-state index contributed by atoms with van der Waals surface area (Å²) in [5, 5.41) is 33.1. The van der Waals surface area contributed by atoms with Crippen molar-refractivity contribution in [3.05, 3.63) is 83.3 Å². The van der Waals surface area contributed by atoms with E-state index in [1.165, 1.54) is 30.3 Å². The first-order chi connectivity index (χ1) is 16.9. The van der Waals surface area contributed by atoms with Crippen LogP contribution in [0.4, 0.5) is 5.69 Å². The fraction of sp³-hybridized carbons (Fsp3) is 0.222. The van der Waals surface area contributed by atoms with E-state index in [-0.39, 0.29) is 39.8 Å². The van der Waals surface area contributed by atoms with Crippen LogP contribution in [0.3, 0.4) is 0 Å². The molecule has 3 aromatic rings. The first kappa shape index (κ1) is 22.6. The van der Waals surface area contributed by atoms with Crippen molar-refractivity contribution in [1.82, 2.24) is 0 Å². The van der Waals surface area contributed by atoms with Crippen LogP contribution in [-0.2, 0) is 10.3 Å². The Hall–Kier alpha value is -4.20. The lowest BCUT2D eigenvalue weighted by Crippen LogP contribution is -2.33. The van der Waals surface area contributed by atoms with Crippen molar-refractivity contribution in [2.45, 2.75) is 31.3 Å². The normalized spacial score (nSPS) is 14.5. The standard InChI is InChI=1S/C27H24NO7/c1-2-3-4-5-12-28-24-17(25(31)32)8-11-20-23(24)26(33)35-27(20)18-9-6-15(29)13-21(18)34-22-14-16(30)7-10-19(22)27/h6-11,13-14,28-30H,1-5,12H2,(H,31,32). The first-order valence-electron chi connectivity index (χ1n) is 11.4. The number of carboxylic acid groups (broad SMARTS) is 1. The number of hydrogen-bond donors (Lipinski definition) is 4. The van der Waals surface area contributed by atoms with Gasteiger partial charge in [-0.3, -0.25) is 0 Å². The van der Waals surface area contributed by atoms with Gasteiger partial charge in [-0.1, -0.05) is 32.3 Å². The molecule has 5 rings (SSSR count). The molecule has 1 radical (unpaired) electrons. The van der Waals surface area contributed by atoms with E-state index >= 15 is 0 Å². The van der Waals surface area contributed by atoms with Crippen LogP contribution in [0.2, 0.25) is 0 Å². The lowest BCUT2D eigenvalue weighted by molar-refractivity contribution is 0.0224. The third-order valence-electron chi connectivity index (χ3n) is 6.40. The molecule has 0 aliphatic carbocycles. The quantitative estimate of drug-likeness (QED) is 0.273. The summed E-state index contributed by atoms with van der Waals surface area (Å²) < 4.78 is 12.0. The van der Waals surface area contributed by atoms with Crippen molar-refractivity contribution in [2.24, 2.45) is 0 Å². The highest BCUT2D eigenvalue weighted by Gasteiger charge is 2.54. The van der Waals surface area contributed by atoms with Gasteiger partial charge in [-0.25, -0.2) is 9.59 Å². The minimum Gasteiger partial charge on any atom is -0.508 e. The van der Waals surface area contributed by atoms with E-state index in [4.69, 9.17) is 9.47 Å². The van der Waals surface area contributed by atoms with Crippen LogP contribution in [0.1, 0.15) is 63.1 Å². The number of fused-ring (bicyclic) bond motifs is 6. The SMILES string of the molecule is [CH2]CCCCCNc1c(C(=O)O)ccc2c1C(=O)OC21c2ccc(O)cc2Oc2cc(O)ccc21. The topological polar surface area (TPSA) is 125 Å². The predicted molar refractivity (Wildman–Crippen MR) is 127 cm³/mol. The molecule has 8 heteroatoms. The van der Waals surface area contributed by atoms with E-state index in [0.29, 0.717) is 23.2 Å². The fourth-order valence-corrected chi connectivity index (χ4v) is 4.84. The van der Waals surface area contributed by atoms with E-state index in [1.54, 1.807) is 18.2 Å². The van der Waals surface area contributed by atoms with E-state index < -0.39 is 17.5 Å². The van der Waals surface area contributed by atoms with E-state index in [1.807, 2.05) is 0 Å². The number of aromatic hydroxyl groups is 2. The maximum absolute atomic E-state index is 13.4. The van der Waals surface area contributed by atoms with Crippen LogP contribution in [0.15, 0.2) is 48.5 Å². The van der Waals surface area contributed by atoms with E-state index in [2.05, 4.69) is 12.2 Å². The first-order valence-corrected chi connectivity index (χ1v) is 11.4. The van der Waals surface area contributed by atoms with Crippen molar-refractivity contribution in [3.63, 3.8) is 0 Å². The number of hydrogen-bond acceptors (Lipinski definition) is 7. The highest BCUT2D eigenvalue weighted by molar-refractivity contribution is 6.08. The van der Waals surface area contributed by atoms with Gasteiger partial charge in [0.15, 0.2) is 5.60 Å². The number of carbonyl (C=O) groups is 2. The molecule has 4 N–H and O–H groups in total. The zero-order valence-electron chi connectivity index (χ0n) is 18.8. The van der Waals surface area contributed by atoms with Crippen LogP contribution in [-0.4, -0.2) is 33.8 Å². The molecule has 2 heterocycles. The lowest BCUT2D eigenvalue weighted by Gasteiger charge is -2.36. The second-order valence-corrected chi connectivity index (χ2v) is 8.59. The monoisotopic (exact) mass is 474 g/mol. The number of carboxylic acids is 1. The maximum atomic E-state index is 13.4. The Labute approximate surface area is 201 Å². The molecular formula is C27H24NO7. The molecule has 35 heavy (non-hydrogen) atoms. The van der Waals surface area contributed by atoms with Crippen molar-refractivity contribution in [2.75, 3.05) is 11.9 Å². The maximum Gasteiger partial charge on any atom is 0.342 e. The number of aromatic carboxylic acids is 1. The summed E-state index contributed by atoms with van der Waals surface area (Å²) in [7, 11) is 0. The minimum atomic E-state index is -1.45. The molecule has 0 saturated carbocycles.